The fraction of sp³-hybridized carbons (Fsp3) is 0.333. The number of halogens is 1. The Kier molecular flexibility index (Phi) is 2.19. The summed E-state index contributed by atoms with van der Waals surface area (Å²) in [4.78, 5) is 11.7. The lowest BCUT2D eigenvalue weighted by molar-refractivity contribution is 0.666. The normalized spacial score (nSPS) is 11.1. The molecule has 2 aromatic heterocycles. The first-order valence-electron chi connectivity index (χ1n) is 4.35. The van der Waals surface area contributed by atoms with Crippen LogP contribution in [0.2, 0.25) is 0 Å². The van der Waals surface area contributed by atoms with E-state index in [2.05, 4.69) is 21.0 Å². The van der Waals surface area contributed by atoms with Gasteiger partial charge in [0.15, 0.2) is 5.52 Å². The SMILES string of the molecule is CCn1cc2c(Br)cn(C)c(=O)c2n1. The lowest BCUT2D eigenvalue weighted by atomic mass is 10.3. The molecule has 0 atom stereocenters. The summed E-state index contributed by atoms with van der Waals surface area (Å²) in [7, 11) is 1.72. The van der Waals surface area contributed by atoms with E-state index in [1.807, 2.05) is 13.1 Å². The van der Waals surface area contributed by atoms with Gasteiger partial charge in [-0.05, 0) is 22.9 Å². The van der Waals surface area contributed by atoms with Gasteiger partial charge in [-0.2, -0.15) is 5.10 Å². The van der Waals surface area contributed by atoms with Gasteiger partial charge < -0.3 is 4.57 Å². The molecule has 2 heterocycles. The van der Waals surface area contributed by atoms with E-state index in [1.165, 1.54) is 4.57 Å². The number of rotatable bonds is 1. The molecule has 0 amide bonds. The van der Waals surface area contributed by atoms with Gasteiger partial charge in [-0.3, -0.25) is 9.48 Å². The Bertz CT molecular complexity index is 541. The van der Waals surface area contributed by atoms with Crippen LogP contribution in [-0.2, 0) is 13.6 Å². The molecule has 0 bridgehead atoms. The zero-order valence-electron chi connectivity index (χ0n) is 7.99. The molecule has 2 aromatic rings. The van der Waals surface area contributed by atoms with E-state index in [1.54, 1.807) is 17.9 Å². The van der Waals surface area contributed by atoms with Crippen LogP contribution in [-0.4, -0.2) is 14.3 Å². The molecule has 0 aliphatic rings. The zero-order chi connectivity index (χ0) is 10.3. The van der Waals surface area contributed by atoms with Crippen LogP contribution >= 0.6 is 15.9 Å². The summed E-state index contributed by atoms with van der Waals surface area (Å²) in [6.45, 7) is 2.76. The number of nitrogens with zero attached hydrogens (tertiary/aromatic N) is 3. The Morgan fingerprint density at radius 1 is 1.50 bits per heavy atom. The fourth-order valence-electron chi connectivity index (χ4n) is 1.38. The van der Waals surface area contributed by atoms with Gasteiger partial charge in [0.25, 0.3) is 5.56 Å². The molecule has 74 valence electrons. The van der Waals surface area contributed by atoms with Gasteiger partial charge >= 0.3 is 0 Å². The summed E-state index contributed by atoms with van der Waals surface area (Å²) in [5.74, 6) is 0. The third-order valence-electron chi connectivity index (χ3n) is 2.17. The van der Waals surface area contributed by atoms with Crippen LogP contribution in [0.5, 0.6) is 0 Å². The highest BCUT2D eigenvalue weighted by Crippen LogP contribution is 2.19. The van der Waals surface area contributed by atoms with Gasteiger partial charge in [-0.15, -0.1) is 0 Å². The molecule has 14 heavy (non-hydrogen) atoms. The Morgan fingerprint density at radius 3 is 2.86 bits per heavy atom. The maximum atomic E-state index is 11.7. The summed E-state index contributed by atoms with van der Waals surface area (Å²) >= 11 is 3.41. The number of aryl methyl sites for hydroxylation is 2. The first kappa shape index (κ1) is 9.45. The molecule has 0 spiro atoms. The summed E-state index contributed by atoms with van der Waals surface area (Å²) < 4.78 is 4.19. The third-order valence-corrected chi connectivity index (χ3v) is 2.80. The van der Waals surface area contributed by atoms with Gasteiger partial charge in [0, 0.05) is 35.8 Å². The molecule has 0 radical (unpaired) electrons. The van der Waals surface area contributed by atoms with Crippen LogP contribution in [0.15, 0.2) is 21.7 Å². The van der Waals surface area contributed by atoms with Crippen molar-refractivity contribution in [3.05, 3.63) is 27.2 Å². The molecule has 4 nitrogen and oxygen atoms in total. The predicted octanol–water partition coefficient (Wildman–Crippen LogP) is 1.52. The van der Waals surface area contributed by atoms with E-state index in [-0.39, 0.29) is 5.56 Å². The molecule has 2 rings (SSSR count). The van der Waals surface area contributed by atoms with E-state index in [0.29, 0.717) is 5.52 Å². The quantitative estimate of drug-likeness (QED) is 0.776. The van der Waals surface area contributed by atoms with Crippen molar-refractivity contribution in [3.8, 4) is 0 Å². The molecule has 0 aliphatic carbocycles. The molecule has 0 saturated heterocycles. The van der Waals surface area contributed by atoms with Gasteiger partial charge in [-0.1, -0.05) is 0 Å². The number of hydrogen-bond donors (Lipinski definition) is 0. The van der Waals surface area contributed by atoms with Crippen molar-refractivity contribution in [1.82, 2.24) is 14.3 Å². The van der Waals surface area contributed by atoms with E-state index >= 15 is 0 Å². The first-order chi connectivity index (χ1) is 6.63. The summed E-state index contributed by atoms with van der Waals surface area (Å²) in [6, 6.07) is 0. The van der Waals surface area contributed by atoms with Gasteiger partial charge in [0.2, 0.25) is 0 Å². The van der Waals surface area contributed by atoms with Crippen molar-refractivity contribution < 1.29 is 0 Å². The zero-order valence-corrected chi connectivity index (χ0v) is 9.58. The summed E-state index contributed by atoms with van der Waals surface area (Å²) in [5, 5.41) is 5.08. The van der Waals surface area contributed by atoms with Gasteiger partial charge in [-0.25, -0.2) is 0 Å². The van der Waals surface area contributed by atoms with Gasteiger partial charge in [0.1, 0.15) is 0 Å². The molecule has 5 heteroatoms. The highest BCUT2D eigenvalue weighted by atomic mass is 79.9. The maximum absolute atomic E-state index is 11.7. The summed E-state index contributed by atoms with van der Waals surface area (Å²) in [5.41, 5.74) is 0.458. The maximum Gasteiger partial charge on any atom is 0.278 e. The average molecular weight is 256 g/mol. The molecular formula is C9H10BrN3O. The van der Waals surface area contributed by atoms with Crippen LogP contribution in [0.4, 0.5) is 0 Å². The highest BCUT2D eigenvalue weighted by molar-refractivity contribution is 9.10. The van der Waals surface area contributed by atoms with E-state index in [9.17, 15) is 4.79 Å². The van der Waals surface area contributed by atoms with Crippen LogP contribution in [0.25, 0.3) is 10.9 Å². The first-order valence-corrected chi connectivity index (χ1v) is 5.15. The smallest absolute Gasteiger partial charge is 0.278 e. The van der Waals surface area contributed by atoms with Crippen molar-refractivity contribution >= 4 is 26.8 Å². The molecule has 0 aliphatic heterocycles. The van der Waals surface area contributed by atoms with Crippen molar-refractivity contribution in [2.45, 2.75) is 13.5 Å². The molecule has 0 saturated carbocycles. The lowest BCUT2D eigenvalue weighted by Gasteiger charge is -1.97. The monoisotopic (exact) mass is 255 g/mol. The predicted molar refractivity (Wildman–Crippen MR) is 58.3 cm³/mol. The molecule has 0 unspecified atom stereocenters. The largest absolute Gasteiger partial charge is 0.316 e. The summed E-state index contributed by atoms with van der Waals surface area (Å²) in [6.07, 6.45) is 3.63. The van der Waals surface area contributed by atoms with E-state index < -0.39 is 0 Å². The minimum absolute atomic E-state index is 0.0598. The second-order valence-corrected chi connectivity index (χ2v) is 3.99. The Labute approximate surface area is 89.3 Å². The minimum atomic E-state index is -0.0598. The highest BCUT2D eigenvalue weighted by Gasteiger charge is 2.08. The van der Waals surface area contributed by atoms with Crippen molar-refractivity contribution in [1.29, 1.82) is 0 Å². The van der Waals surface area contributed by atoms with Crippen LogP contribution in [0.1, 0.15) is 6.92 Å². The minimum Gasteiger partial charge on any atom is -0.316 e. The molecule has 0 fully saturated rings. The number of hydrogen-bond acceptors (Lipinski definition) is 2. The number of pyridine rings is 1. The van der Waals surface area contributed by atoms with Crippen LogP contribution < -0.4 is 5.56 Å². The van der Waals surface area contributed by atoms with Crippen LogP contribution in [0.3, 0.4) is 0 Å². The Hall–Kier alpha value is -1.10. The average Bonchev–Trinajstić information content (AvgIpc) is 2.58. The lowest BCUT2D eigenvalue weighted by Crippen LogP contribution is -2.16. The number of aromatic nitrogens is 3. The standard InChI is InChI=1S/C9H10BrN3O/c1-3-13-4-6-7(10)5-12(2)9(14)8(6)11-13/h4-5H,3H2,1-2H3. The second kappa shape index (κ2) is 3.24. The van der Waals surface area contributed by atoms with Crippen LogP contribution in [0, 0.1) is 0 Å². The van der Waals surface area contributed by atoms with E-state index in [4.69, 9.17) is 0 Å². The topological polar surface area (TPSA) is 39.8 Å². The third kappa shape index (κ3) is 1.28. The molecule has 0 aromatic carbocycles. The fourth-order valence-corrected chi connectivity index (χ4v) is 1.98. The Balaban J connectivity index is 2.91. The second-order valence-electron chi connectivity index (χ2n) is 3.14. The van der Waals surface area contributed by atoms with Crippen molar-refractivity contribution in [2.75, 3.05) is 0 Å². The molecular weight excluding hydrogens is 246 g/mol. The van der Waals surface area contributed by atoms with Crippen molar-refractivity contribution in [2.24, 2.45) is 7.05 Å². The van der Waals surface area contributed by atoms with Gasteiger partial charge in [0.05, 0.1) is 0 Å². The Morgan fingerprint density at radius 2 is 2.21 bits per heavy atom. The number of fused-ring (bicyclic) bond motifs is 1. The van der Waals surface area contributed by atoms with E-state index in [0.717, 1.165) is 16.4 Å². The molecule has 0 N–H and O–H groups in total. The van der Waals surface area contributed by atoms with Crippen molar-refractivity contribution in [3.63, 3.8) is 0 Å².